The first-order chi connectivity index (χ1) is 19.3. The Kier molecular flexibility index (Phi) is 3.99. The number of nitrogens with one attached hydrogen (secondary N) is 1. The molecule has 9 aromatic rings. The fourth-order valence-corrected chi connectivity index (χ4v) is 6.20. The maximum Gasteiger partial charge on any atom is 0.116 e. The van der Waals surface area contributed by atoms with Crippen LogP contribution in [0.15, 0.2) is 121 Å². The Morgan fingerprint density at radius 1 is 0.462 bits per heavy atom. The molecule has 5 heteroatoms. The van der Waals surface area contributed by atoms with Crippen LogP contribution >= 0.6 is 0 Å². The quantitative estimate of drug-likeness (QED) is 0.260. The number of rotatable bonds is 2. The van der Waals surface area contributed by atoms with Gasteiger partial charge in [-0.2, -0.15) is 0 Å². The number of hydrogen-bond acceptors (Lipinski definition) is 2. The molecule has 9 rings (SSSR count). The van der Waals surface area contributed by atoms with Crippen molar-refractivity contribution >= 4 is 65.8 Å². The zero-order valence-electron chi connectivity index (χ0n) is 20.8. The van der Waals surface area contributed by atoms with Crippen LogP contribution in [0.25, 0.3) is 77.2 Å². The molecule has 4 aromatic carbocycles. The molecule has 0 radical (unpaired) electrons. The summed E-state index contributed by atoms with van der Waals surface area (Å²) < 4.78 is 4.62. The predicted octanol–water partition coefficient (Wildman–Crippen LogP) is 8.31. The summed E-state index contributed by atoms with van der Waals surface area (Å²) in [6.45, 7) is 0. The third kappa shape index (κ3) is 2.79. The monoisotopic (exact) mass is 499 g/mol. The van der Waals surface area contributed by atoms with Crippen molar-refractivity contribution in [3.8, 4) is 11.4 Å². The molecule has 0 aliphatic heterocycles. The lowest BCUT2D eigenvalue weighted by molar-refractivity contribution is 1.16. The minimum atomic E-state index is 0.907. The summed E-state index contributed by atoms with van der Waals surface area (Å²) in [6.07, 6.45) is 1.86. The van der Waals surface area contributed by atoms with Gasteiger partial charge in [0.2, 0.25) is 0 Å². The van der Waals surface area contributed by atoms with E-state index in [1.54, 1.807) is 0 Å². The van der Waals surface area contributed by atoms with Crippen LogP contribution < -0.4 is 0 Å². The number of hydrogen-bond donors (Lipinski definition) is 1. The number of pyridine rings is 2. The summed E-state index contributed by atoms with van der Waals surface area (Å²) in [5.41, 5.74) is 11.6. The van der Waals surface area contributed by atoms with Crippen LogP contribution in [0.4, 0.5) is 0 Å². The van der Waals surface area contributed by atoms with Crippen molar-refractivity contribution in [1.82, 2.24) is 24.1 Å². The average Bonchev–Trinajstić information content (AvgIpc) is 3.63. The van der Waals surface area contributed by atoms with Crippen LogP contribution in [0, 0.1) is 0 Å². The topological polar surface area (TPSA) is 51.4 Å². The van der Waals surface area contributed by atoms with Crippen LogP contribution in [-0.2, 0) is 0 Å². The minimum absolute atomic E-state index is 0.907. The highest BCUT2D eigenvalue weighted by molar-refractivity contribution is 6.15. The van der Waals surface area contributed by atoms with Crippen LogP contribution in [0.5, 0.6) is 0 Å². The predicted molar refractivity (Wildman–Crippen MR) is 160 cm³/mol. The Morgan fingerprint density at radius 2 is 1.18 bits per heavy atom. The molecule has 5 nitrogen and oxygen atoms in total. The molecule has 0 saturated heterocycles. The molecule has 0 saturated carbocycles. The van der Waals surface area contributed by atoms with Gasteiger partial charge < -0.3 is 14.1 Å². The van der Waals surface area contributed by atoms with Gasteiger partial charge in [0.1, 0.15) is 11.0 Å². The fraction of sp³-hybridized carbons (Fsp3) is 0. The van der Waals surface area contributed by atoms with E-state index in [9.17, 15) is 0 Å². The molecule has 5 heterocycles. The van der Waals surface area contributed by atoms with Crippen LogP contribution in [-0.4, -0.2) is 24.1 Å². The summed E-state index contributed by atoms with van der Waals surface area (Å²) >= 11 is 0. The number of nitrogens with zero attached hydrogens (tertiary/aromatic N) is 4. The van der Waals surface area contributed by atoms with E-state index < -0.39 is 0 Å². The largest absolute Gasteiger partial charge is 0.355 e. The van der Waals surface area contributed by atoms with E-state index in [0.717, 1.165) is 66.4 Å². The smallest absolute Gasteiger partial charge is 0.116 e. The van der Waals surface area contributed by atoms with Gasteiger partial charge in [-0.25, -0.2) is 4.98 Å². The number of aromatic amines is 1. The maximum atomic E-state index is 5.32. The molecule has 0 bridgehead atoms. The van der Waals surface area contributed by atoms with Crippen molar-refractivity contribution < 1.29 is 0 Å². The van der Waals surface area contributed by atoms with Gasteiger partial charge in [0, 0.05) is 44.8 Å². The fourth-order valence-electron chi connectivity index (χ4n) is 6.20. The molecule has 0 amide bonds. The summed E-state index contributed by atoms with van der Waals surface area (Å²) in [5.74, 6) is 0. The zero-order valence-corrected chi connectivity index (χ0v) is 20.8. The lowest BCUT2D eigenvalue weighted by atomic mass is 10.1. The Labute approximate surface area is 222 Å². The van der Waals surface area contributed by atoms with E-state index >= 15 is 0 Å². The highest BCUT2D eigenvalue weighted by Gasteiger charge is 2.20. The molecule has 39 heavy (non-hydrogen) atoms. The summed E-state index contributed by atoms with van der Waals surface area (Å²) in [4.78, 5) is 13.7. The number of aromatic nitrogens is 5. The number of H-pyrrole nitrogens is 1. The zero-order chi connectivity index (χ0) is 25.5. The standard InChI is InChI=1S/C34H21N5/c1-2-9-21(10-3-1)38-28-14-7-5-12-24(28)32-30(38)20-31-34(37-32)33-29(15-8-18-35-33)39(31)22-16-17-27-25(19-22)23-11-4-6-13-26(23)36-27/h1-20,36H. The molecule has 5 aromatic heterocycles. The average molecular weight is 500 g/mol. The Morgan fingerprint density at radius 3 is 2.10 bits per heavy atom. The summed E-state index contributed by atoms with van der Waals surface area (Å²) in [7, 11) is 0. The SMILES string of the molecule is c1ccc(-n2c3ccccc3c3nc4c5ncccc5n(-c5ccc6[nH]c7ccccc7c6c5)c4cc32)cc1. The van der Waals surface area contributed by atoms with Gasteiger partial charge in [-0.3, -0.25) is 4.98 Å². The van der Waals surface area contributed by atoms with Crippen molar-refractivity contribution in [3.63, 3.8) is 0 Å². The first-order valence-corrected chi connectivity index (χ1v) is 13.1. The third-order valence-corrected chi connectivity index (χ3v) is 7.88. The van der Waals surface area contributed by atoms with Gasteiger partial charge in [-0.05, 0) is 60.7 Å². The van der Waals surface area contributed by atoms with E-state index in [4.69, 9.17) is 9.97 Å². The Hall–Kier alpha value is -5.42. The summed E-state index contributed by atoms with van der Waals surface area (Å²) in [5, 5.41) is 3.56. The van der Waals surface area contributed by atoms with Gasteiger partial charge in [0.15, 0.2) is 0 Å². The number of para-hydroxylation sites is 3. The van der Waals surface area contributed by atoms with Gasteiger partial charge in [-0.1, -0.05) is 54.6 Å². The van der Waals surface area contributed by atoms with Crippen molar-refractivity contribution in [3.05, 3.63) is 121 Å². The van der Waals surface area contributed by atoms with Crippen LogP contribution in [0.1, 0.15) is 0 Å². The first kappa shape index (κ1) is 20.6. The number of benzene rings is 4. The van der Waals surface area contributed by atoms with E-state index in [-0.39, 0.29) is 0 Å². The highest BCUT2D eigenvalue weighted by atomic mass is 15.0. The summed E-state index contributed by atoms with van der Waals surface area (Å²) in [6, 6.07) is 40.5. The molecular formula is C34H21N5. The molecule has 0 atom stereocenters. The molecule has 0 fully saturated rings. The van der Waals surface area contributed by atoms with E-state index in [1.165, 1.54) is 10.8 Å². The van der Waals surface area contributed by atoms with Crippen molar-refractivity contribution in [1.29, 1.82) is 0 Å². The lowest BCUT2D eigenvalue weighted by Crippen LogP contribution is -1.96. The van der Waals surface area contributed by atoms with Crippen LogP contribution in [0.3, 0.4) is 0 Å². The Bertz CT molecular complexity index is 2390. The van der Waals surface area contributed by atoms with Gasteiger partial charge in [0.25, 0.3) is 0 Å². The molecule has 0 aliphatic carbocycles. The third-order valence-electron chi connectivity index (χ3n) is 7.88. The van der Waals surface area contributed by atoms with E-state index in [2.05, 4.69) is 123 Å². The Balaban J connectivity index is 1.44. The van der Waals surface area contributed by atoms with Crippen molar-refractivity contribution in [2.24, 2.45) is 0 Å². The van der Waals surface area contributed by atoms with Gasteiger partial charge >= 0.3 is 0 Å². The van der Waals surface area contributed by atoms with Crippen LogP contribution in [0.2, 0.25) is 0 Å². The second-order valence-corrected chi connectivity index (χ2v) is 10.0. The molecule has 0 spiro atoms. The van der Waals surface area contributed by atoms with Gasteiger partial charge in [-0.15, -0.1) is 0 Å². The molecule has 0 unspecified atom stereocenters. The molecule has 1 N–H and O–H groups in total. The van der Waals surface area contributed by atoms with Crippen molar-refractivity contribution in [2.75, 3.05) is 0 Å². The minimum Gasteiger partial charge on any atom is -0.355 e. The van der Waals surface area contributed by atoms with E-state index in [0.29, 0.717) is 0 Å². The molecular weight excluding hydrogens is 478 g/mol. The van der Waals surface area contributed by atoms with Crippen molar-refractivity contribution in [2.45, 2.75) is 0 Å². The second-order valence-electron chi connectivity index (χ2n) is 10.0. The molecule has 182 valence electrons. The van der Waals surface area contributed by atoms with Gasteiger partial charge in [0.05, 0.1) is 27.6 Å². The second kappa shape index (κ2) is 7.55. The number of fused-ring (bicyclic) bond motifs is 9. The first-order valence-electron chi connectivity index (χ1n) is 13.1. The normalized spacial score (nSPS) is 12.1. The lowest BCUT2D eigenvalue weighted by Gasteiger charge is -2.10. The highest BCUT2D eigenvalue weighted by Crippen LogP contribution is 2.37. The van der Waals surface area contributed by atoms with E-state index in [1.807, 2.05) is 12.3 Å². The maximum absolute atomic E-state index is 5.32. The molecule has 0 aliphatic rings.